The van der Waals surface area contributed by atoms with Gasteiger partial charge in [0.15, 0.2) is 0 Å². The number of aromatic amines is 1. The number of hydrogen-bond donors (Lipinski definition) is 1. The van der Waals surface area contributed by atoms with Crippen LogP contribution in [0.1, 0.15) is 52.4 Å². The molecule has 6 heteroatoms. The molecular weight excluding hydrogens is 406 g/mol. The number of ether oxygens (including phenoxy) is 1. The Labute approximate surface area is 168 Å². The van der Waals surface area contributed by atoms with Gasteiger partial charge in [0, 0.05) is 10.5 Å². The third-order valence-corrected chi connectivity index (χ3v) is 6.65. The van der Waals surface area contributed by atoms with Gasteiger partial charge in [0.2, 0.25) is 0 Å². The number of rotatable bonds is 4. The number of halogens is 1. The molecule has 1 aromatic heterocycles. The highest BCUT2D eigenvalue weighted by molar-refractivity contribution is 9.10. The van der Waals surface area contributed by atoms with Crippen LogP contribution in [0.2, 0.25) is 0 Å². The topological polar surface area (TPSA) is 58.2 Å². The van der Waals surface area contributed by atoms with Crippen LogP contribution in [0.25, 0.3) is 11.3 Å². The Kier molecular flexibility index (Phi) is 4.57. The van der Waals surface area contributed by atoms with Gasteiger partial charge in [-0.05, 0) is 56.2 Å². The molecule has 1 saturated carbocycles. The summed E-state index contributed by atoms with van der Waals surface area (Å²) in [6.45, 7) is 8.10. The SMILES string of the molecule is CC(C)C(C)(C)OC(=O)N1C(c2ncc(-c3ccc(Br)cc3)[nH]2)CC2CC21. The molecule has 4 rings (SSSR count). The summed E-state index contributed by atoms with van der Waals surface area (Å²) >= 11 is 3.46. The number of amides is 1. The number of benzene rings is 1. The summed E-state index contributed by atoms with van der Waals surface area (Å²) in [6, 6.07) is 8.38. The van der Waals surface area contributed by atoms with Gasteiger partial charge in [-0.2, -0.15) is 0 Å². The monoisotopic (exact) mass is 431 g/mol. The summed E-state index contributed by atoms with van der Waals surface area (Å²) < 4.78 is 6.92. The maximum Gasteiger partial charge on any atom is 0.411 e. The second-order valence-corrected chi connectivity index (χ2v) is 9.45. The van der Waals surface area contributed by atoms with E-state index in [1.54, 1.807) is 0 Å². The van der Waals surface area contributed by atoms with Gasteiger partial charge in [0.1, 0.15) is 11.4 Å². The van der Waals surface area contributed by atoms with Crippen LogP contribution in [0.15, 0.2) is 34.9 Å². The van der Waals surface area contributed by atoms with Crippen molar-refractivity contribution in [2.75, 3.05) is 0 Å². The minimum Gasteiger partial charge on any atom is -0.443 e. The predicted molar refractivity (Wildman–Crippen MR) is 108 cm³/mol. The van der Waals surface area contributed by atoms with Gasteiger partial charge < -0.3 is 9.72 Å². The van der Waals surface area contributed by atoms with Gasteiger partial charge in [-0.1, -0.05) is 41.9 Å². The van der Waals surface area contributed by atoms with Crippen LogP contribution in [-0.2, 0) is 4.74 Å². The number of likely N-dealkylation sites (tertiary alicyclic amines) is 1. The molecule has 2 heterocycles. The van der Waals surface area contributed by atoms with E-state index in [4.69, 9.17) is 4.74 Å². The molecule has 2 aliphatic rings. The summed E-state index contributed by atoms with van der Waals surface area (Å²) in [5, 5.41) is 0. The van der Waals surface area contributed by atoms with Crippen LogP contribution in [0.3, 0.4) is 0 Å². The fourth-order valence-corrected chi connectivity index (χ4v) is 3.91. The van der Waals surface area contributed by atoms with Gasteiger partial charge in [0.25, 0.3) is 0 Å². The van der Waals surface area contributed by atoms with Gasteiger partial charge in [-0.15, -0.1) is 0 Å². The Morgan fingerprint density at radius 3 is 2.67 bits per heavy atom. The van der Waals surface area contributed by atoms with Crippen molar-refractivity contribution in [1.82, 2.24) is 14.9 Å². The first-order chi connectivity index (χ1) is 12.8. The van der Waals surface area contributed by atoms with Crippen LogP contribution >= 0.6 is 15.9 Å². The molecule has 0 radical (unpaired) electrons. The lowest BCUT2D eigenvalue weighted by atomic mass is 9.95. The molecule has 0 bridgehead atoms. The van der Waals surface area contributed by atoms with Crippen LogP contribution in [-0.4, -0.2) is 32.6 Å². The fraction of sp³-hybridized carbons (Fsp3) is 0.524. The highest BCUT2D eigenvalue weighted by Gasteiger charge is 2.56. The number of H-pyrrole nitrogens is 1. The second kappa shape index (κ2) is 6.66. The summed E-state index contributed by atoms with van der Waals surface area (Å²) in [4.78, 5) is 22.9. The standard InChI is InChI=1S/C21H26BrN3O2/c1-12(2)21(3,4)27-20(26)25-17-9-14(17)10-18(25)19-23-11-16(24-19)13-5-7-15(22)8-6-13/h5-8,11-12,14,17-18H,9-10H2,1-4H3,(H,23,24). The average molecular weight is 432 g/mol. The lowest BCUT2D eigenvalue weighted by Gasteiger charge is -2.33. The molecule has 1 amide bonds. The van der Waals surface area contributed by atoms with Gasteiger partial charge in [-0.25, -0.2) is 9.78 Å². The van der Waals surface area contributed by atoms with Crippen molar-refractivity contribution in [1.29, 1.82) is 0 Å². The zero-order chi connectivity index (χ0) is 19.3. The van der Waals surface area contributed by atoms with E-state index in [-0.39, 0.29) is 18.1 Å². The summed E-state index contributed by atoms with van der Waals surface area (Å²) in [6.07, 6.45) is 3.66. The number of nitrogens with zero attached hydrogens (tertiary/aromatic N) is 2. The minimum absolute atomic E-state index is 0.0339. The molecular formula is C21H26BrN3O2. The van der Waals surface area contributed by atoms with Crippen LogP contribution in [0.5, 0.6) is 0 Å². The van der Waals surface area contributed by atoms with Gasteiger partial charge in [-0.3, -0.25) is 4.90 Å². The predicted octanol–water partition coefficient (Wildman–Crippen LogP) is 5.55. The Hall–Kier alpha value is -1.82. The normalized spacial score (nSPS) is 24.2. The number of fused-ring (bicyclic) bond motifs is 1. The lowest BCUT2D eigenvalue weighted by molar-refractivity contribution is -0.0201. The van der Waals surface area contributed by atoms with Crippen LogP contribution in [0, 0.1) is 11.8 Å². The first-order valence-corrected chi connectivity index (χ1v) is 10.4. The Balaban J connectivity index is 1.55. The van der Waals surface area contributed by atoms with Crippen molar-refractivity contribution in [2.24, 2.45) is 11.8 Å². The van der Waals surface area contributed by atoms with E-state index in [0.717, 1.165) is 34.4 Å². The number of piperidine rings is 1. The maximum atomic E-state index is 13.0. The Morgan fingerprint density at radius 2 is 2.00 bits per heavy atom. The second-order valence-electron chi connectivity index (χ2n) is 8.54. The number of hydrogen-bond acceptors (Lipinski definition) is 3. The maximum absolute atomic E-state index is 13.0. The molecule has 3 atom stereocenters. The van der Waals surface area contributed by atoms with Crippen molar-refractivity contribution in [3.05, 3.63) is 40.8 Å². The zero-order valence-corrected chi connectivity index (χ0v) is 17.8. The molecule has 1 aromatic carbocycles. The molecule has 2 aromatic rings. The number of carbonyl (C=O) groups is 1. The third kappa shape index (κ3) is 3.51. The first kappa shape index (κ1) is 18.5. The van der Waals surface area contributed by atoms with E-state index in [1.165, 1.54) is 0 Å². The van der Waals surface area contributed by atoms with E-state index in [1.807, 2.05) is 49.2 Å². The highest BCUT2D eigenvalue weighted by atomic mass is 79.9. The zero-order valence-electron chi connectivity index (χ0n) is 16.2. The van der Waals surface area contributed by atoms with Crippen molar-refractivity contribution in [2.45, 2.75) is 58.2 Å². The molecule has 3 unspecified atom stereocenters. The van der Waals surface area contributed by atoms with Crippen molar-refractivity contribution in [3.8, 4) is 11.3 Å². The fourth-order valence-electron chi connectivity index (χ4n) is 3.64. The molecule has 144 valence electrons. The largest absolute Gasteiger partial charge is 0.443 e. The molecule has 1 aliphatic carbocycles. The van der Waals surface area contributed by atoms with Gasteiger partial charge in [0.05, 0.1) is 17.9 Å². The summed E-state index contributed by atoms with van der Waals surface area (Å²) in [5.41, 5.74) is 1.56. The highest BCUT2D eigenvalue weighted by Crippen LogP contribution is 2.53. The van der Waals surface area contributed by atoms with E-state index in [2.05, 4.69) is 39.7 Å². The molecule has 2 fully saturated rings. The van der Waals surface area contributed by atoms with E-state index in [0.29, 0.717) is 12.0 Å². The number of nitrogens with one attached hydrogen (secondary N) is 1. The molecule has 5 nitrogen and oxygen atoms in total. The van der Waals surface area contributed by atoms with Crippen molar-refractivity contribution in [3.63, 3.8) is 0 Å². The quantitative estimate of drug-likeness (QED) is 0.690. The third-order valence-electron chi connectivity index (χ3n) is 6.12. The molecule has 27 heavy (non-hydrogen) atoms. The number of aromatic nitrogens is 2. The van der Waals surface area contributed by atoms with E-state index < -0.39 is 5.60 Å². The average Bonchev–Trinajstić information content (AvgIpc) is 3.05. The van der Waals surface area contributed by atoms with Crippen LogP contribution < -0.4 is 0 Å². The Morgan fingerprint density at radius 1 is 1.30 bits per heavy atom. The number of carbonyl (C=O) groups excluding carboxylic acids is 1. The Bertz CT molecular complexity index is 843. The summed E-state index contributed by atoms with van der Waals surface area (Å²) in [7, 11) is 0. The molecule has 1 N–H and O–H groups in total. The first-order valence-electron chi connectivity index (χ1n) is 9.58. The molecule has 1 saturated heterocycles. The van der Waals surface area contributed by atoms with E-state index >= 15 is 0 Å². The summed E-state index contributed by atoms with van der Waals surface area (Å²) in [5.74, 6) is 1.68. The van der Waals surface area contributed by atoms with Crippen LogP contribution in [0.4, 0.5) is 4.79 Å². The van der Waals surface area contributed by atoms with Crippen molar-refractivity contribution < 1.29 is 9.53 Å². The molecule has 0 spiro atoms. The van der Waals surface area contributed by atoms with Gasteiger partial charge >= 0.3 is 6.09 Å². The smallest absolute Gasteiger partial charge is 0.411 e. The number of imidazole rings is 1. The lowest BCUT2D eigenvalue weighted by Crippen LogP contribution is -2.42. The molecule has 1 aliphatic heterocycles. The van der Waals surface area contributed by atoms with E-state index in [9.17, 15) is 4.79 Å². The minimum atomic E-state index is -0.486. The van der Waals surface area contributed by atoms with Crippen molar-refractivity contribution >= 4 is 22.0 Å².